The second-order valence-corrected chi connectivity index (χ2v) is 10.2. The Labute approximate surface area is 221 Å². The van der Waals surface area contributed by atoms with Crippen LogP contribution in [-0.2, 0) is 14.4 Å². The zero-order valence-corrected chi connectivity index (χ0v) is 23.5. The standard InChI is InChI=1S/C18H36O2.C12H22O4/c1-2-3-4-5-6-7-8-9-10-11-12-13-14-15-16-17-18(19)20;13-11(14)9-7-5-3-1-2-4-6-8-10-12(15)16/h2-17H2,1H3,(H,19,20);1-10H2,(H,13,14)(H,15,16). The number of unbranched alkanes of at least 4 members (excludes halogenated alkanes) is 21. The van der Waals surface area contributed by atoms with Crippen molar-refractivity contribution in [1.82, 2.24) is 0 Å². The van der Waals surface area contributed by atoms with Gasteiger partial charge in [-0.2, -0.15) is 0 Å². The fourth-order valence-electron chi connectivity index (χ4n) is 4.26. The summed E-state index contributed by atoms with van der Waals surface area (Å²) < 4.78 is 0. The molecule has 6 heteroatoms. The molecule has 0 aromatic heterocycles. The van der Waals surface area contributed by atoms with Crippen LogP contribution < -0.4 is 0 Å². The van der Waals surface area contributed by atoms with Crippen LogP contribution in [0.1, 0.15) is 174 Å². The molecule has 3 N–H and O–H groups in total. The summed E-state index contributed by atoms with van der Waals surface area (Å²) in [4.78, 5) is 30.8. The first-order valence-electron chi connectivity index (χ1n) is 15.1. The molecule has 0 aliphatic heterocycles. The van der Waals surface area contributed by atoms with Crippen molar-refractivity contribution in [2.45, 2.75) is 174 Å². The van der Waals surface area contributed by atoms with Gasteiger partial charge >= 0.3 is 17.9 Å². The summed E-state index contributed by atoms with van der Waals surface area (Å²) in [7, 11) is 0. The molecule has 0 unspecified atom stereocenters. The van der Waals surface area contributed by atoms with Gasteiger partial charge in [0.05, 0.1) is 0 Å². The van der Waals surface area contributed by atoms with E-state index in [-0.39, 0.29) is 12.8 Å². The van der Waals surface area contributed by atoms with E-state index in [0.717, 1.165) is 64.2 Å². The summed E-state index contributed by atoms with van der Waals surface area (Å²) in [6.45, 7) is 2.27. The third-order valence-electron chi connectivity index (χ3n) is 6.53. The van der Waals surface area contributed by atoms with Gasteiger partial charge in [-0.15, -0.1) is 0 Å². The number of hydrogen-bond acceptors (Lipinski definition) is 3. The van der Waals surface area contributed by atoms with E-state index in [1.165, 1.54) is 83.5 Å². The molecule has 0 aromatic carbocycles. The minimum atomic E-state index is -0.714. The number of aliphatic carboxylic acids is 3. The molecule has 0 aliphatic rings. The minimum absolute atomic E-state index is 0.276. The molecule has 0 saturated heterocycles. The fourth-order valence-corrected chi connectivity index (χ4v) is 4.26. The Morgan fingerprint density at radius 2 is 0.500 bits per heavy atom. The minimum Gasteiger partial charge on any atom is -0.481 e. The van der Waals surface area contributed by atoms with Crippen molar-refractivity contribution >= 4 is 17.9 Å². The van der Waals surface area contributed by atoms with Crippen LogP contribution >= 0.6 is 0 Å². The predicted octanol–water partition coefficient (Wildman–Crippen LogP) is 9.39. The zero-order chi connectivity index (χ0) is 27.1. The first kappa shape index (κ1) is 36.6. The van der Waals surface area contributed by atoms with Crippen LogP contribution in [0, 0.1) is 0 Å². The third-order valence-corrected chi connectivity index (χ3v) is 6.53. The highest BCUT2D eigenvalue weighted by Gasteiger charge is 1.99. The van der Waals surface area contributed by atoms with Crippen LogP contribution in [0.25, 0.3) is 0 Å². The molecule has 0 atom stereocenters. The van der Waals surface area contributed by atoms with Gasteiger partial charge in [0.25, 0.3) is 0 Å². The maximum absolute atomic E-state index is 10.3. The van der Waals surface area contributed by atoms with Crippen molar-refractivity contribution in [3.63, 3.8) is 0 Å². The van der Waals surface area contributed by atoms with Crippen molar-refractivity contribution in [2.24, 2.45) is 0 Å². The Balaban J connectivity index is 0. The average Bonchev–Trinajstić information content (AvgIpc) is 2.82. The Kier molecular flexibility index (Phi) is 31.9. The fraction of sp³-hybridized carbons (Fsp3) is 0.900. The summed E-state index contributed by atoms with van der Waals surface area (Å²) in [5.74, 6) is -2.08. The highest BCUT2D eigenvalue weighted by Crippen LogP contribution is 2.14. The van der Waals surface area contributed by atoms with Gasteiger partial charge in [-0.3, -0.25) is 14.4 Å². The second kappa shape index (κ2) is 31.4. The summed E-state index contributed by atoms with van der Waals surface area (Å²) in [5.41, 5.74) is 0. The van der Waals surface area contributed by atoms with Gasteiger partial charge in [0, 0.05) is 19.3 Å². The second-order valence-electron chi connectivity index (χ2n) is 10.2. The van der Waals surface area contributed by atoms with E-state index in [1.807, 2.05) is 0 Å². The van der Waals surface area contributed by atoms with Crippen molar-refractivity contribution in [3.05, 3.63) is 0 Å². The van der Waals surface area contributed by atoms with Gasteiger partial charge in [0.2, 0.25) is 0 Å². The Bertz CT molecular complexity index is 470. The molecule has 0 saturated carbocycles. The Morgan fingerprint density at radius 1 is 0.333 bits per heavy atom. The number of carboxylic acid groups (broad SMARTS) is 3. The molecule has 214 valence electrons. The summed E-state index contributed by atoms with van der Waals surface area (Å²) in [6, 6.07) is 0. The molecule has 0 aliphatic carbocycles. The maximum Gasteiger partial charge on any atom is 0.303 e. The summed E-state index contributed by atoms with van der Waals surface area (Å²) >= 11 is 0. The summed E-state index contributed by atoms with van der Waals surface area (Å²) in [5, 5.41) is 25.3. The lowest BCUT2D eigenvalue weighted by Gasteiger charge is -2.03. The molecule has 0 bridgehead atoms. The largest absolute Gasteiger partial charge is 0.481 e. The molecule has 0 amide bonds. The molecule has 0 rings (SSSR count). The van der Waals surface area contributed by atoms with Gasteiger partial charge in [0.15, 0.2) is 0 Å². The molecule has 0 fully saturated rings. The molecule has 36 heavy (non-hydrogen) atoms. The lowest BCUT2D eigenvalue weighted by atomic mass is 10.0. The first-order valence-corrected chi connectivity index (χ1v) is 15.1. The highest BCUT2D eigenvalue weighted by atomic mass is 16.4. The van der Waals surface area contributed by atoms with Gasteiger partial charge in [0.1, 0.15) is 0 Å². The normalized spacial score (nSPS) is 10.6. The van der Waals surface area contributed by atoms with E-state index < -0.39 is 17.9 Å². The van der Waals surface area contributed by atoms with Crippen LogP contribution in [-0.4, -0.2) is 33.2 Å². The summed E-state index contributed by atoms with van der Waals surface area (Å²) in [6.07, 6.45) is 28.7. The third kappa shape index (κ3) is 39.6. The number of hydrogen-bond donors (Lipinski definition) is 3. The van der Waals surface area contributed by atoms with Gasteiger partial charge in [-0.1, -0.05) is 135 Å². The van der Waals surface area contributed by atoms with Crippen LogP contribution in [0.5, 0.6) is 0 Å². The Hall–Kier alpha value is -1.59. The molecular weight excluding hydrogens is 456 g/mol. The maximum atomic E-state index is 10.3. The van der Waals surface area contributed by atoms with E-state index in [1.54, 1.807) is 0 Å². The van der Waals surface area contributed by atoms with Gasteiger partial charge < -0.3 is 15.3 Å². The molecule has 0 aromatic rings. The highest BCUT2D eigenvalue weighted by molar-refractivity contribution is 5.67. The van der Waals surface area contributed by atoms with Crippen LogP contribution in [0.15, 0.2) is 0 Å². The van der Waals surface area contributed by atoms with E-state index >= 15 is 0 Å². The van der Waals surface area contributed by atoms with Crippen molar-refractivity contribution < 1.29 is 29.7 Å². The number of carbonyl (C=O) groups is 3. The van der Waals surface area contributed by atoms with Gasteiger partial charge in [-0.05, 0) is 19.3 Å². The predicted molar refractivity (Wildman–Crippen MR) is 149 cm³/mol. The quantitative estimate of drug-likeness (QED) is 0.0941. The van der Waals surface area contributed by atoms with Crippen molar-refractivity contribution in [1.29, 1.82) is 0 Å². The van der Waals surface area contributed by atoms with E-state index in [4.69, 9.17) is 15.3 Å². The topological polar surface area (TPSA) is 112 Å². The first-order chi connectivity index (χ1) is 17.4. The smallest absolute Gasteiger partial charge is 0.303 e. The average molecular weight is 515 g/mol. The number of rotatable bonds is 27. The SMILES string of the molecule is CCCCCCCCCCCCCCCCCC(=O)O.O=C(O)CCCCCCCCCCC(=O)O. The van der Waals surface area contributed by atoms with Crippen LogP contribution in [0.2, 0.25) is 0 Å². The van der Waals surface area contributed by atoms with Gasteiger partial charge in [-0.25, -0.2) is 0 Å². The molecule has 0 heterocycles. The lowest BCUT2D eigenvalue weighted by Crippen LogP contribution is -1.94. The molecule has 0 radical (unpaired) electrons. The van der Waals surface area contributed by atoms with E-state index in [9.17, 15) is 14.4 Å². The van der Waals surface area contributed by atoms with Crippen LogP contribution in [0.3, 0.4) is 0 Å². The number of carboxylic acids is 3. The molecule has 0 spiro atoms. The van der Waals surface area contributed by atoms with E-state index in [2.05, 4.69) is 6.92 Å². The Morgan fingerprint density at radius 3 is 0.667 bits per heavy atom. The van der Waals surface area contributed by atoms with E-state index in [0.29, 0.717) is 6.42 Å². The monoisotopic (exact) mass is 514 g/mol. The van der Waals surface area contributed by atoms with Crippen molar-refractivity contribution in [3.8, 4) is 0 Å². The van der Waals surface area contributed by atoms with Crippen LogP contribution in [0.4, 0.5) is 0 Å². The zero-order valence-electron chi connectivity index (χ0n) is 23.5. The van der Waals surface area contributed by atoms with Crippen molar-refractivity contribution in [2.75, 3.05) is 0 Å². The lowest BCUT2D eigenvalue weighted by molar-refractivity contribution is -0.138. The molecule has 6 nitrogen and oxygen atoms in total. The molecular formula is C30H58O6.